The summed E-state index contributed by atoms with van der Waals surface area (Å²) >= 11 is 7.28. The first-order valence-corrected chi connectivity index (χ1v) is 12.2. The highest BCUT2D eigenvalue weighted by atomic mass is 79.9. The third-order valence-corrected chi connectivity index (χ3v) is 9.76. The van der Waals surface area contributed by atoms with Gasteiger partial charge < -0.3 is 10.1 Å². The largest absolute Gasteiger partial charge is 0.456 e. The van der Waals surface area contributed by atoms with Crippen molar-refractivity contribution in [2.24, 2.45) is 23.7 Å². The molecule has 1 saturated heterocycles. The molecule has 0 radical (unpaired) electrons. The van der Waals surface area contributed by atoms with Crippen molar-refractivity contribution in [2.45, 2.75) is 29.4 Å². The third-order valence-electron chi connectivity index (χ3n) is 6.56. The van der Waals surface area contributed by atoms with Gasteiger partial charge in [-0.05, 0) is 49.4 Å². The number of amides is 3. The maximum absolute atomic E-state index is 12.8. The van der Waals surface area contributed by atoms with Crippen molar-refractivity contribution in [1.29, 1.82) is 0 Å². The van der Waals surface area contributed by atoms with Crippen molar-refractivity contribution in [2.75, 3.05) is 18.5 Å². The van der Waals surface area contributed by atoms with Gasteiger partial charge in [-0.1, -0.05) is 31.9 Å². The second kappa shape index (κ2) is 9.05. The summed E-state index contributed by atoms with van der Waals surface area (Å²) in [4.78, 5) is 62.5. The van der Waals surface area contributed by atoms with Crippen molar-refractivity contribution in [3.05, 3.63) is 29.8 Å². The van der Waals surface area contributed by atoms with E-state index in [2.05, 4.69) is 37.2 Å². The van der Waals surface area contributed by atoms with E-state index in [4.69, 9.17) is 4.74 Å². The number of halogens is 2. The zero-order valence-corrected chi connectivity index (χ0v) is 20.4. The Labute approximate surface area is 201 Å². The van der Waals surface area contributed by atoms with Crippen LogP contribution < -0.4 is 5.32 Å². The molecular formula is C22H22Br2N2O6. The molecule has 1 N–H and O–H groups in total. The number of ketones is 1. The van der Waals surface area contributed by atoms with Crippen molar-refractivity contribution < 1.29 is 28.7 Å². The average Bonchev–Trinajstić information content (AvgIpc) is 3.36. The molecule has 32 heavy (non-hydrogen) atoms. The fraction of sp³-hybridized carbons (Fsp3) is 0.500. The summed E-state index contributed by atoms with van der Waals surface area (Å²) in [5.41, 5.74) is 0.997. The number of alkyl halides is 2. The van der Waals surface area contributed by atoms with Gasteiger partial charge in [0, 0.05) is 27.4 Å². The van der Waals surface area contributed by atoms with Gasteiger partial charge in [0.2, 0.25) is 11.8 Å². The molecule has 2 bridgehead atoms. The van der Waals surface area contributed by atoms with E-state index in [9.17, 15) is 24.0 Å². The molecule has 3 amide bonds. The Balaban J connectivity index is 1.24. The Hall–Kier alpha value is -2.07. The lowest BCUT2D eigenvalue weighted by atomic mass is 9.81. The molecule has 2 saturated carbocycles. The summed E-state index contributed by atoms with van der Waals surface area (Å²) < 4.78 is 4.98. The normalized spacial score (nSPS) is 30.4. The molecule has 1 heterocycles. The van der Waals surface area contributed by atoms with Crippen molar-refractivity contribution >= 4 is 67.0 Å². The number of hydrogen-bond donors (Lipinski definition) is 1. The summed E-state index contributed by atoms with van der Waals surface area (Å²) in [6, 6.07) is 6.34. The highest BCUT2D eigenvalue weighted by Gasteiger charge is 2.66. The number of nitrogens with zero attached hydrogens (tertiary/aromatic N) is 1. The van der Waals surface area contributed by atoms with E-state index in [1.807, 2.05) is 0 Å². The molecule has 3 fully saturated rings. The smallest absolute Gasteiger partial charge is 0.308 e. The van der Waals surface area contributed by atoms with Gasteiger partial charge in [0.1, 0.15) is 0 Å². The zero-order valence-electron chi connectivity index (χ0n) is 17.3. The van der Waals surface area contributed by atoms with Crippen LogP contribution in [0.25, 0.3) is 0 Å². The summed E-state index contributed by atoms with van der Waals surface area (Å²) in [7, 11) is 0. The van der Waals surface area contributed by atoms with Gasteiger partial charge in [-0.3, -0.25) is 28.9 Å². The summed E-state index contributed by atoms with van der Waals surface area (Å²) in [6.07, 6.45) is 0.684. The minimum absolute atomic E-state index is 0.0447. The van der Waals surface area contributed by atoms with Gasteiger partial charge in [0.25, 0.3) is 5.91 Å². The standard InChI is InChI=1S/C22H22Br2N2O6/c1-10(27)11-2-4-12(5-3-11)25-15(28)9-32-16(29)6-7-26-21(30)17-13-8-14(18(17)22(26)31)20(24)19(13)23/h2-5,13-14,17-20H,6-9H2,1H3,(H,25,28)/t13-,14-,17-,18+,19+,20+/m1/s1. The van der Waals surface area contributed by atoms with E-state index in [0.29, 0.717) is 11.3 Å². The number of likely N-dealkylation sites (tertiary alicyclic amines) is 1. The first kappa shape index (κ1) is 23.1. The van der Waals surface area contributed by atoms with Crippen LogP contribution in [0.2, 0.25) is 0 Å². The molecule has 0 unspecified atom stereocenters. The second-order valence-corrected chi connectivity index (χ2v) is 10.5. The van der Waals surface area contributed by atoms with Crippen LogP contribution in [0.3, 0.4) is 0 Å². The fourth-order valence-electron chi connectivity index (χ4n) is 5.04. The first-order chi connectivity index (χ1) is 15.2. The number of hydrogen-bond acceptors (Lipinski definition) is 6. The van der Waals surface area contributed by atoms with Gasteiger partial charge in [-0.25, -0.2) is 0 Å². The predicted octanol–water partition coefficient (Wildman–Crippen LogP) is 2.54. The Kier molecular flexibility index (Phi) is 6.53. The quantitative estimate of drug-likeness (QED) is 0.234. The highest BCUT2D eigenvalue weighted by Crippen LogP contribution is 2.60. The first-order valence-electron chi connectivity index (χ1n) is 10.4. The Bertz CT molecular complexity index is 949. The summed E-state index contributed by atoms with van der Waals surface area (Å²) in [6.45, 7) is 0.919. The lowest BCUT2D eigenvalue weighted by Crippen LogP contribution is -2.37. The number of carbonyl (C=O) groups excluding carboxylic acids is 5. The van der Waals surface area contributed by atoms with Crippen molar-refractivity contribution in [1.82, 2.24) is 4.90 Å². The lowest BCUT2D eigenvalue weighted by molar-refractivity contribution is -0.149. The molecule has 1 aliphatic heterocycles. The number of nitrogens with one attached hydrogen (secondary N) is 1. The molecule has 0 spiro atoms. The number of benzene rings is 1. The van der Waals surface area contributed by atoms with Gasteiger partial charge >= 0.3 is 5.97 Å². The van der Waals surface area contributed by atoms with Gasteiger partial charge in [-0.2, -0.15) is 0 Å². The number of fused-ring (bicyclic) bond motifs is 5. The number of carbonyl (C=O) groups is 5. The molecule has 3 aliphatic rings. The van der Waals surface area contributed by atoms with Crippen molar-refractivity contribution in [3.63, 3.8) is 0 Å². The topological polar surface area (TPSA) is 110 Å². The average molecular weight is 570 g/mol. The summed E-state index contributed by atoms with van der Waals surface area (Å²) in [5.74, 6) is -2.09. The van der Waals surface area contributed by atoms with Crippen LogP contribution in [-0.4, -0.2) is 57.2 Å². The van der Waals surface area contributed by atoms with E-state index in [-0.39, 0.29) is 63.9 Å². The maximum Gasteiger partial charge on any atom is 0.308 e. The van der Waals surface area contributed by atoms with Gasteiger partial charge in [0.15, 0.2) is 12.4 Å². The van der Waals surface area contributed by atoms with E-state index < -0.39 is 18.5 Å². The van der Waals surface area contributed by atoms with Crippen LogP contribution in [0.4, 0.5) is 5.69 Å². The predicted molar refractivity (Wildman–Crippen MR) is 121 cm³/mol. The fourth-order valence-corrected chi connectivity index (χ4v) is 6.91. The van der Waals surface area contributed by atoms with Crippen LogP contribution in [0.5, 0.6) is 0 Å². The van der Waals surface area contributed by atoms with Crippen LogP contribution >= 0.6 is 31.9 Å². The Morgan fingerprint density at radius 3 is 2.12 bits per heavy atom. The van der Waals surface area contributed by atoms with E-state index in [1.165, 1.54) is 11.8 Å². The second-order valence-electron chi connectivity index (χ2n) is 8.42. The number of rotatable bonds is 7. The minimum atomic E-state index is -0.663. The molecule has 1 aromatic carbocycles. The van der Waals surface area contributed by atoms with Crippen LogP contribution in [-0.2, 0) is 23.9 Å². The maximum atomic E-state index is 12.8. The van der Waals surface area contributed by atoms with Crippen molar-refractivity contribution in [3.8, 4) is 0 Å². The molecule has 10 heteroatoms. The Morgan fingerprint density at radius 1 is 1.03 bits per heavy atom. The number of esters is 1. The van der Waals surface area contributed by atoms with Gasteiger partial charge in [-0.15, -0.1) is 0 Å². The van der Waals surface area contributed by atoms with E-state index in [1.54, 1.807) is 24.3 Å². The molecular weight excluding hydrogens is 548 g/mol. The molecule has 2 aliphatic carbocycles. The summed E-state index contributed by atoms with van der Waals surface area (Å²) in [5, 5.41) is 2.57. The van der Waals surface area contributed by atoms with Gasteiger partial charge in [0.05, 0.1) is 18.3 Å². The molecule has 0 aromatic heterocycles. The molecule has 170 valence electrons. The molecule has 6 atom stereocenters. The molecule has 1 aromatic rings. The minimum Gasteiger partial charge on any atom is -0.456 e. The highest BCUT2D eigenvalue weighted by molar-refractivity contribution is 9.12. The van der Waals surface area contributed by atoms with E-state index in [0.717, 1.165) is 6.42 Å². The molecule has 8 nitrogen and oxygen atoms in total. The van der Waals surface area contributed by atoms with Crippen LogP contribution in [0, 0.1) is 23.7 Å². The van der Waals surface area contributed by atoms with Crippen LogP contribution in [0.1, 0.15) is 30.1 Å². The number of imide groups is 1. The Morgan fingerprint density at radius 2 is 1.59 bits per heavy atom. The molecule has 4 rings (SSSR count). The third kappa shape index (κ3) is 4.14. The monoisotopic (exact) mass is 568 g/mol. The number of Topliss-reactive ketones (excluding diaryl/α,β-unsaturated/α-hetero) is 1. The zero-order chi connectivity index (χ0) is 23.2. The number of ether oxygens (including phenoxy) is 1. The lowest BCUT2D eigenvalue weighted by Gasteiger charge is -2.28. The number of anilines is 1. The van der Waals surface area contributed by atoms with Crippen LogP contribution in [0.15, 0.2) is 24.3 Å². The SMILES string of the molecule is CC(=O)c1ccc(NC(=O)COC(=O)CCN2C(=O)[C@@H]3[C@H]4C[C@@H]([C@H](Br)[C@H]4Br)[C@@H]3C2=O)cc1. The van der Waals surface area contributed by atoms with E-state index >= 15 is 0 Å².